The van der Waals surface area contributed by atoms with Crippen molar-refractivity contribution in [3.8, 4) is 17.2 Å². The van der Waals surface area contributed by atoms with E-state index in [-0.39, 0.29) is 5.69 Å². The molecular formula is C14H9F4NO3. The maximum atomic E-state index is 13.4. The van der Waals surface area contributed by atoms with Crippen molar-refractivity contribution in [2.45, 2.75) is 19.1 Å². The van der Waals surface area contributed by atoms with Gasteiger partial charge in [-0.25, -0.2) is 0 Å². The molecule has 0 N–H and O–H groups in total. The van der Waals surface area contributed by atoms with E-state index < -0.39 is 29.3 Å². The zero-order valence-corrected chi connectivity index (χ0v) is 11.1. The van der Waals surface area contributed by atoms with Gasteiger partial charge >= 0.3 is 12.2 Å². The third-order valence-electron chi connectivity index (χ3n) is 3.08. The molecule has 116 valence electrons. The van der Waals surface area contributed by atoms with Crippen LogP contribution in [0.2, 0.25) is 0 Å². The molecule has 0 saturated carbocycles. The number of fused-ring (bicyclic) bond motifs is 1. The van der Waals surface area contributed by atoms with Crippen LogP contribution >= 0.6 is 0 Å². The molecule has 1 aromatic carbocycles. The molecule has 0 fully saturated rings. The van der Waals surface area contributed by atoms with Gasteiger partial charge in [-0.15, -0.1) is 0 Å². The smallest absolute Gasteiger partial charge is 0.421 e. The van der Waals surface area contributed by atoms with E-state index in [4.69, 9.17) is 0 Å². The average Bonchev–Trinajstić information content (AvgIpc) is 2.42. The fraction of sp³-hybridized carbons (Fsp3) is 0.214. The molecule has 4 nitrogen and oxygen atoms in total. The van der Waals surface area contributed by atoms with Gasteiger partial charge in [0, 0.05) is 12.3 Å². The number of para-hydroxylation sites is 1. The molecular weight excluding hydrogens is 306 g/mol. The Labute approximate surface area is 121 Å². The minimum atomic E-state index is -4.84. The Morgan fingerprint density at radius 2 is 1.68 bits per heavy atom. The lowest BCUT2D eigenvalue weighted by Gasteiger charge is -2.32. The third kappa shape index (κ3) is 2.11. The van der Waals surface area contributed by atoms with Crippen molar-refractivity contribution >= 4 is 0 Å². The number of aromatic nitrogens is 1. The van der Waals surface area contributed by atoms with Crippen LogP contribution in [0.25, 0.3) is 5.69 Å². The lowest BCUT2D eigenvalue weighted by Crippen LogP contribution is -2.52. The van der Waals surface area contributed by atoms with Gasteiger partial charge in [-0.05, 0) is 24.6 Å². The van der Waals surface area contributed by atoms with E-state index in [1.165, 1.54) is 30.5 Å². The van der Waals surface area contributed by atoms with E-state index in [1.807, 2.05) is 0 Å². The summed E-state index contributed by atoms with van der Waals surface area (Å²) in [6.45, 7) is 1.69. The number of aryl methyl sites for hydroxylation is 1. The molecule has 0 spiro atoms. The zero-order chi connectivity index (χ0) is 16.1. The van der Waals surface area contributed by atoms with Gasteiger partial charge in [0.1, 0.15) is 0 Å². The summed E-state index contributed by atoms with van der Waals surface area (Å²) < 4.78 is 62.3. The Bertz CT molecular complexity index is 801. The first-order valence-corrected chi connectivity index (χ1v) is 6.18. The first kappa shape index (κ1) is 14.4. The van der Waals surface area contributed by atoms with Crippen LogP contribution in [0.5, 0.6) is 11.5 Å². The lowest BCUT2D eigenvalue weighted by atomic mass is 10.2. The van der Waals surface area contributed by atoms with Crippen molar-refractivity contribution in [3.05, 3.63) is 52.4 Å². The predicted molar refractivity (Wildman–Crippen MR) is 67.9 cm³/mol. The molecule has 0 bridgehead atoms. The van der Waals surface area contributed by atoms with Crippen molar-refractivity contribution in [1.82, 2.24) is 4.57 Å². The van der Waals surface area contributed by atoms with Gasteiger partial charge < -0.3 is 9.47 Å². The van der Waals surface area contributed by atoms with Crippen molar-refractivity contribution in [2.24, 2.45) is 0 Å². The number of nitrogens with zero attached hydrogens (tertiary/aromatic N) is 1. The van der Waals surface area contributed by atoms with Crippen molar-refractivity contribution in [2.75, 3.05) is 0 Å². The van der Waals surface area contributed by atoms with E-state index in [9.17, 15) is 22.4 Å². The summed E-state index contributed by atoms with van der Waals surface area (Å²) in [5.41, 5.74) is 0.0376. The normalized spacial score (nSPS) is 18.0. The van der Waals surface area contributed by atoms with Crippen molar-refractivity contribution in [1.29, 1.82) is 0 Å². The predicted octanol–water partition coefficient (Wildman–Crippen LogP) is 3.10. The maximum absolute atomic E-state index is 13.4. The van der Waals surface area contributed by atoms with Gasteiger partial charge in [0.2, 0.25) is 0 Å². The maximum Gasteiger partial charge on any atom is 0.507 e. The van der Waals surface area contributed by atoms with Gasteiger partial charge in [0.25, 0.3) is 5.56 Å². The minimum Gasteiger partial charge on any atom is -0.421 e. The first-order chi connectivity index (χ1) is 10.2. The molecule has 1 aliphatic rings. The van der Waals surface area contributed by atoms with E-state index >= 15 is 0 Å². The molecule has 22 heavy (non-hydrogen) atoms. The van der Waals surface area contributed by atoms with Crippen LogP contribution in [0.1, 0.15) is 5.56 Å². The Kier molecular flexibility index (Phi) is 2.95. The SMILES string of the molecule is Cc1ccc(=O)n(-c2cccc3c2OC(F)(F)C(F)(F)O3)c1. The molecule has 1 aliphatic heterocycles. The number of alkyl halides is 4. The number of rotatable bonds is 1. The minimum absolute atomic E-state index is 0.110. The Morgan fingerprint density at radius 1 is 1.00 bits per heavy atom. The molecule has 0 aliphatic carbocycles. The number of halogens is 4. The third-order valence-corrected chi connectivity index (χ3v) is 3.08. The molecule has 8 heteroatoms. The summed E-state index contributed by atoms with van der Waals surface area (Å²) in [4.78, 5) is 11.9. The van der Waals surface area contributed by atoms with Gasteiger partial charge in [-0.2, -0.15) is 17.6 Å². The van der Waals surface area contributed by atoms with E-state index in [2.05, 4.69) is 9.47 Å². The van der Waals surface area contributed by atoms with Crippen LogP contribution in [-0.2, 0) is 0 Å². The topological polar surface area (TPSA) is 40.5 Å². The summed E-state index contributed by atoms with van der Waals surface area (Å²) in [6.07, 6.45) is -8.26. The molecule has 0 amide bonds. The highest BCUT2D eigenvalue weighted by molar-refractivity contribution is 5.57. The van der Waals surface area contributed by atoms with Crippen LogP contribution in [0.4, 0.5) is 17.6 Å². The number of pyridine rings is 1. The highest BCUT2D eigenvalue weighted by Gasteiger charge is 2.66. The lowest BCUT2D eigenvalue weighted by molar-refractivity contribution is -0.391. The van der Waals surface area contributed by atoms with Gasteiger partial charge in [-0.1, -0.05) is 12.1 Å². The Balaban J connectivity index is 2.22. The molecule has 1 aromatic heterocycles. The van der Waals surface area contributed by atoms with Gasteiger partial charge in [0.15, 0.2) is 11.5 Å². The zero-order valence-electron chi connectivity index (χ0n) is 11.1. The van der Waals surface area contributed by atoms with Gasteiger partial charge in [-0.3, -0.25) is 9.36 Å². The number of hydrogen-bond donors (Lipinski definition) is 0. The quantitative estimate of drug-likeness (QED) is 0.759. The number of ether oxygens (including phenoxy) is 2. The highest BCUT2D eigenvalue weighted by atomic mass is 19.3. The summed E-state index contributed by atoms with van der Waals surface area (Å²) in [5, 5.41) is 0. The van der Waals surface area contributed by atoms with Gasteiger partial charge in [0.05, 0.1) is 5.69 Å². The van der Waals surface area contributed by atoms with Crippen molar-refractivity contribution in [3.63, 3.8) is 0 Å². The second-order valence-electron chi connectivity index (χ2n) is 4.76. The second kappa shape index (κ2) is 4.49. The fourth-order valence-corrected chi connectivity index (χ4v) is 2.04. The van der Waals surface area contributed by atoms with E-state index in [1.54, 1.807) is 6.92 Å². The van der Waals surface area contributed by atoms with E-state index in [0.717, 1.165) is 10.6 Å². The molecule has 0 atom stereocenters. The molecule has 2 aromatic rings. The van der Waals surface area contributed by atoms with Crippen LogP contribution in [0, 0.1) is 6.92 Å². The standard InChI is InChI=1S/C14H9F4NO3/c1-8-5-6-11(20)19(7-8)9-3-2-4-10-12(9)22-14(17,18)13(15,16)21-10/h2-7H,1H3. The number of hydrogen-bond acceptors (Lipinski definition) is 3. The highest BCUT2D eigenvalue weighted by Crippen LogP contribution is 2.48. The average molecular weight is 315 g/mol. The fourth-order valence-electron chi connectivity index (χ4n) is 2.04. The summed E-state index contributed by atoms with van der Waals surface area (Å²) in [6, 6.07) is 6.41. The molecule has 2 heterocycles. The van der Waals surface area contributed by atoms with Crippen LogP contribution in [-0.4, -0.2) is 16.8 Å². The first-order valence-electron chi connectivity index (χ1n) is 6.18. The summed E-state index contributed by atoms with van der Waals surface area (Å²) in [5.74, 6) is -1.19. The molecule has 0 unspecified atom stereocenters. The van der Waals surface area contributed by atoms with E-state index in [0.29, 0.717) is 5.56 Å². The number of benzene rings is 1. The van der Waals surface area contributed by atoms with Crippen LogP contribution in [0.3, 0.4) is 0 Å². The monoisotopic (exact) mass is 315 g/mol. The van der Waals surface area contributed by atoms with Crippen molar-refractivity contribution < 1.29 is 27.0 Å². The largest absolute Gasteiger partial charge is 0.507 e. The molecule has 3 rings (SSSR count). The Hall–Kier alpha value is -2.51. The summed E-state index contributed by atoms with van der Waals surface area (Å²) in [7, 11) is 0. The molecule has 0 radical (unpaired) electrons. The second-order valence-corrected chi connectivity index (χ2v) is 4.76. The Morgan fingerprint density at radius 3 is 2.41 bits per heavy atom. The van der Waals surface area contributed by atoms with Crippen LogP contribution < -0.4 is 15.0 Å². The summed E-state index contributed by atoms with van der Waals surface area (Å²) >= 11 is 0. The van der Waals surface area contributed by atoms with Crippen LogP contribution in [0.15, 0.2) is 41.3 Å². The molecule has 0 saturated heterocycles.